The standard InChI is InChI=1S/C18H26N2O5S2/c1-13(14-8-9-14)19-17(21)12-25-18(22)16(10-11-26-2)20-27(23,24)15-6-4-3-5-7-15/h3-7,13-14,16,20H,8-12H2,1-2H3,(H,19,21). The SMILES string of the molecule is CSCCC(NS(=O)(=O)c1ccccc1)C(=O)OCC(=O)NC(C)C1CC1. The lowest BCUT2D eigenvalue weighted by atomic mass is 10.2. The molecule has 1 aliphatic carbocycles. The zero-order valence-corrected chi connectivity index (χ0v) is 17.1. The molecular formula is C18H26N2O5S2. The minimum atomic E-state index is -3.86. The van der Waals surface area contributed by atoms with Gasteiger partial charge < -0.3 is 10.1 Å². The second-order valence-corrected chi connectivity index (χ2v) is 9.27. The molecule has 2 atom stereocenters. The predicted molar refractivity (Wildman–Crippen MR) is 105 cm³/mol. The molecule has 27 heavy (non-hydrogen) atoms. The lowest BCUT2D eigenvalue weighted by Gasteiger charge is -2.18. The summed E-state index contributed by atoms with van der Waals surface area (Å²) in [7, 11) is -3.86. The van der Waals surface area contributed by atoms with E-state index in [-0.39, 0.29) is 23.3 Å². The first-order chi connectivity index (χ1) is 12.8. The molecule has 0 saturated heterocycles. The predicted octanol–water partition coefficient (Wildman–Crippen LogP) is 1.54. The summed E-state index contributed by atoms with van der Waals surface area (Å²) in [6, 6.07) is 6.83. The molecule has 1 saturated carbocycles. The van der Waals surface area contributed by atoms with Gasteiger partial charge in [0.25, 0.3) is 5.91 Å². The topological polar surface area (TPSA) is 102 Å². The van der Waals surface area contributed by atoms with E-state index in [4.69, 9.17) is 4.74 Å². The molecular weight excluding hydrogens is 388 g/mol. The highest BCUT2D eigenvalue weighted by molar-refractivity contribution is 7.98. The highest BCUT2D eigenvalue weighted by Gasteiger charge is 2.30. The molecule has 1 fully saturated rings. The summed E-state index contributed by atoms with van der Waals surface area (Å²) in [6.07, 6.45) is 4.32. The molecule has 1 aromatic rings. The van der Waals surface area contributed by atoms with Crippen molar-refractivity contribution in [2.24, 2.45) is 5.92 Å². The normalized spacial score (nSPS) is 16.4. The summed E-state index contributed by atoms with van der Waals surface area (Å²) in [5.74, 6) is -0.0612. The van der Waals surface area contributed by atoms with E-state index in [1.54, 1.807) is 18.2 Å². The molecule has 2 N–H and O–H groups in total. The highest BCUT2D eigenvalue weighted by atomic mass is 32.2. The van der Waals surface area contributed by atoms with Crippen molar-refractivity contribution in [1.82, 2.24) is 10.0 Å². The van der Waals surface area contributed by atoms with Crippen molar-refractivity contribution in [3.8, 4) is 0 Å². The van der Waals surface area contributed by atoms with E-state index in [1.165, 1.54) is 23.9 Å². The maximum absolute atomic E-state index is 12.5. The Hall–Kier alpha value is -1.58. The van der Waals surface area contributed by atoms with Crippen LogP contribution in [-0.4, -0.2) is 51.0 Å². The van der Waals surface area contributed by atoms with Crippen LogP contribution in [0.5, 0.6) is 0 Å². The summed E-state index contributed by atoms with van der Waals surface area (Å²) in [6.45, 7) is 1.51. The summed E-state index contributed by atoms with van der Waals surface area (Å²) in [4.78, 5) is 24.3. The Labute approximate surface area is 164 Å². The van der Waals surface area contributed by atoms with Crippen LogP contribution in [0.2, 0.25) is 0 Å². The third-order valence-electron chi connectivity index (χ3n) is 4.31. The van der Waals surface area contributed by atoms with Crippen LogP contribution < -0.4 is 10.0 Å². The van der Waals surface area contributed by atoms with Crippen LogP contribution in [-0.2, 0) is 24.3 Å². The molecule has 2 rings (SSSR count). The van der Waals surface area contributed by atoms with Crippen molar-refractivity contribution in [3.63, 3.8) is 0 Å². The Kier molecular flexibility index (Phi) is 8.12. The lowest BCUT2D eigenvalue weighted by molar-refractivity contribution is -0.150. The quantitative estimate of drug-likeness (QED) is 0.533. The highest BCUT2D eigenvalue weighted by Crippen LogP contribution is 2.32. The van der Waals surface area contributed by atoms with Gasteiger partial charge in [0.05, 0.1) is 4.90 Å². The van der Waals surface area contributed by atoms with E-state index in [1.807, 2.05) is 13.2 Å². The Morgan fingerprint density at radius 2 is 1.93 bits per heavy atom. The summed E-state index contributed by atoms with van der Waals surface area (Å²) >= 11 is 1.49. The zero-order chi connectivity index (χ0) is 19.9. The van der Waals surface area contributed by atoms with Gasteiger partial charge in [-0.2, -0.15) is 16.5 Å². The third-order valence-corrected chi connectivity index (χ3v) is 6.44. The van der Waals surface area contributed by atoms with Gasteiger partial charge in [-0.1, -0.05) is 18.2 Å². The molecule has 1 aliphatic rings. The van der Waals surface area contributed by atoms with E-state index in [0.29, 0.717) is 11.7 Å². The molecule has 0 aromatic heterocycles. The maximum atomic E-state index is 12.5. The van der Waals surface area contributed by atoms with Crippen molar-refractivity contribution in [3.05, 3.63) is 30.3 Å². The Morgan fingerprint density at radius 3 is 2.52 bits per heavy atom. The van der Waals surface area contributed by atoms with Crippen LogP contribution in [0.15, 0.2) is 35.2 Å². The fourth-order valence-electron chi connectivity index (χ4n) is 2.56. The molecule has 0 spiro atoms. The van der Waals surface area contributed by atoms with E-state index in [0.717, 1.165) is 12.8 Å². The molecule has 1 aromatic carbocycles. The van der Waals surface area contributed by atoms with Crippen LogP contribution >= 0.6 is 11.8 Å². The average Bonchev–Trinajstić information content (AvgIpc) is 3.49. The zero-order valence-electron chi connectivity index (χ0n) is 15.5. The molecule has 0 radical (unpaired) electrons. The van der Waals surface area contributed by atoms with Gasteiger partial charge in [0.15, 0.2) is 6.61 Å². The van der Waals surface area contributed by atoms with Crippen molar-refractivity contribution in [2.45, 2.75) is 43.2 Å². The molecule has 150 valence electrons. The Morgan fingerprint density at radius 1 is 1.26 bits per heavy atom. The number of benzene rings is 1. The van der Waals surface area contributed by atoms with E-state index < -0.39 is 28.6 Å². The van der Waals surface area contributed by atoms with Gasteiger partial charge >= 0.3 is 5.97 Å². The van der Waals surface area contributed by atoms with Gasteiger partial charge in [0.2, 0.25) is 10.0 Å². The van der Waals surface area contributed by atoms with Crippen molar-refractivity contribution >= 4 is 33.7 Å². The molecule has 0 aliphatic heterocycles. The number of hydrogen-bond donors (Lipinski definition) is 2. The van der Waals surface area contributed by atoms with Crippen LogP contribution in [0, 0.1) is 5.92 Å². The number of thioether (sulfide) groups is 1. The Bertz CT molecular complexity index is 735. The monoisotopic (exact) mass is 414 g/mol. The van der Waals surface area contributed by atoms with Gasteiger partial charge in [0.1, 0.15) is 6.04 Å². The minimum Gasteiger partial charge on any atom is -0.454 e. The third kappa shape index (κ3) is 7.15. The van der Waals surface area contributed by atoms with Crippen LogP contribution in [0.1, 0.15) is 26.2 Å². The van der Waals surface area contributed by atoms with Gasteiger partial charge in [-0.05, 0) is 56.2 Å². The molecule has 7 nitrogen and oxygen atoms in total. The number of esters is 1. The molecule has 0 heterocycles. The van der Waals surface area contributed by atoms with Gasteiger partial charge in [-0.15, -0.1) is 0 Å². The fourth-order valence-corrected chi connectivity index (χ4v) is 4.27. The van der Waals surface area contributed by atoms with E-state index in [9.17, 15) is 18.0 Å². The summed E-state index contributed by atoms with van der Waals surface area (Å²) < 4.78 is 32.4. The average molecular weight is 415 g/mol. The molecule has 1 amide bonds. The molecule has 2 unspecified atom stereocenters. The summed E-state index contributed by atoms with van der Waals surface area (Å²) in [5, 5.41) is 2.79. The van der Waals surface area contributed by atoms with Gasteiger partial charge in [-0.25, -0.2) is 8.42 Å². The van der Waals surface area contributed by atoms with Crippen LogP contribution in [0.3, 0.4) is 0 Å². The number of sulfonamides is 1. The van der Waals surface area contributed by atoms with Gasteiger partial charge in [-0.3, -0.25) is 9.59 Å². The smallest absolute Gasteiger partial charge is 0.324 e. The number of amides is 1. The summed E-state index contributed by atoms with van der Waals surface area (Å²) in [5.41, 5.74) is 0. The molecule has 9 heteroatoms. The number of hydrogen-bond acceptors (Lipinski definition) is 6. The fraction of sp³-hybridized carbons (Fsp3) is 0.556. The number of nitrogens with one attached hydrogen (secondary N) is 2. The van der Waals surface area contributed by atoms with Crippen LogP contribution in [0.4, 0.5) is 0 Å². The van der Waals surface area contributed by atoms with E-state index >= 15 is 0 Å². The first kappa shape index (κ1) is 21.7. The molecule has 0 bridgehead atoms. The first-order valence-electron chi connectivity index (χ1n) is 8.86. The van der Waals surface area contributed by atoms with Gasteiger partial charge in [0, 0.05) is 6.04 Å². The Balaban J connectivity index is 1.93. The van der Waals surface area contributed by atoms with Crippen molar-refractivity contribution < 1.29 is 22.7 Å². The largest absolute Gasteiger partial charge is 0.454 e. The first-order valence-corrected chi connectivity index (χ1v) is 11.7. The minimum absolute atomic E-state index is 0.0556. The second kappa shape index (κ2) is 10.1. The van der Waals surface area contributed by atoms with Crippen molar-refractivity contribution in [2.75, 3.05) is 18.6 Å². The number of ether oxygens (including phenoxy) is 1. The van der Waals surface area contributed by atoms with Crippen LogP contribution in [0.25, 0.3) is 0 Å². The maximum Gasteiger partial charge on any atom is 0.324 e. The number of carbonyl (C=O) groups excluding carboxylic acids is 2. The number of rotatable bonds is 11. The lowest BCUT2D eigenvalue weighted by Crippen LogP contribution is -2.44. The van der Waals surface area contributed by atoms with Crippen molar-refractivity contribution in [1.29, 1.82) is 0 Å². The number of carbonyl (C=O) groups is 2. The second-order valence-electron chi connectivity index (χ2n) is 6.57. The van der Waals surface area contributed by atoms with E-state index in [2.05, 4.69) is 10.0 Å².